The van der Waals surface area contributed by atoms with Crippen molar-refractivity contribution in [2.45, 2.75) is 31.4 Å². The fraction of sp³-hybridized carbons (Fsp3) is 0.750. The highest BCUT2D eigenvalue weighted by atomic mass is 16.5. The molecular formula is C8H13NO4. The van der Waals surface area contributed by atoms with Crippen molar-refractivity contribution < 1.29 is 19.4 Å². The van der Waals surface area contributed by atoms with E-state index in [-0.39, 0.29) is 0 Å². The van der Waals surface area contributed by atoms with Gasteiger partial charge in [0.2, 0.25) is 6.41 Å². The monoisotopic (exact) mass is 187 g/mol. The van der Waals surface area contributed by atoms with Crippen LogP contribution >= 0.6 is 0 Å². The van der Waals surface area contributed by atoms with Crippen molar-refractivity contribution in [1.82, 2.24) is 5.32 Å². The van der Waals surface area contributed by atoms with Crippen molar-refractivity contribution in [2.24, 2.45) is 0 Å². The minimum Gasteiger partial charge on any atom is -0.480 e. The molecule has 1 unspecified atom stereocenters. The molecule has 0 bridgehead atoms. The summed E-state index contributed by atoms with van der Waals surface area (Å²) in [5.41, 5.74) is 0. The van der Waals surface area contributed by atoms with Crippen LogP contribution in [-0.2, 0) is 14.3 Å². The molecule has 1 fully saturated rings. The lowest BCUT2D eigenvalue weighted by Gasteiger charge is -2.10. The second-order valence-corrected chi connectivity index (χ2v) is 3.03. The number of carbonyl (C=O) groups is 2. The minimum atomic E-state index is -1.02. The van der Waals surface area contributed by atoms with Crippen LogP contribution in [-0.4, -0.2) is 36.2 Å². The summed E-state index contributed by atoms with van der Waals surface area (Å²) in [7, 11) is 0. The Morgan fingerprint density at radius 2 is 2.38 bits per heavy atom. The second kappa shape index (κ2) is 4.81. The van der Waals surface area contributed by atoms with E-state index in [1.54, 1.807) is 0 Å². The van der Waals surface area contributed by atoms with E-state index in [2.05, 4.69) is 5.32 Å². The summed E-state index contributed by atoms with van der Waals surface area (Å²) in [5, 5.41) is 10.8. The third-order valence-corrected chi connectivity index (χ3v) is 1.85. The Morgan fingerprint density at radius 1 is 1.69 bits per heavy atom. The second-order valence-electron chi connectivity index (χ2n) is 3.03. The molecule has 0 aromatic rings. The maximum absolute atomic E-state index is 10.5. The molecule has 0 aromatic heterocycles. The van der Waals surface area contributed by atoms with E-state index in [4.69, 9.17) is 9.84 Å². The lowest BCUT2D eigenvalue weighted by Crippen LogP contribution is -2.36. The molecule has 1 aliphatic rings. The smallest absolute Gasteiger partial charge is 0.326 e. The lowest BCUT2D eigenvalue weighted by molar-refractivity contribution is -0.141. The summed E-state index contributed by atoms with van der Waals surface area (Å²) < 4.78 is 5.26. The summed E-state index contributed by atoms with van der Waals surface area (Å²) in [6.07, 6.45) is 3.18. The van der Waals surface area contributed by atoms with Crippen LogP contribution in [0.4, 0.5) is 0 Å². The van der Waals surface area contributed by atoms with E-state index in [1.165, 1.54) is 0 Å². The molecule has 5 nitrogen and oxygen atoms in total. The average Bonchev–Trinajstić information content (AvgIpc) is 2.86. The zero-order chi connectivity index (χ0) is 9.68. The molecule has 1 atom stereocenters. The molecule has 74 valence electrons. The molecule has 0 radical (unpaired) electrons. The van der Waals surface area contributed by atoms with Gasteiger partial charge in [0, 0.05) is 13.0 Å². The van der Waals surface area contributed by atoms with E-state index in [0.717, 1.165) is 12.8 Å². The number of carboxylic acid groups (broad SMARTS) is 1. The Labute approximate surface area is 76.1 Å². The first-order chi connectivity index (χ1) is 6.24. The van der Waals surface area contributed by atoms with Crippen LogP contribution in [0.25, 0.3) is 0 Å². The summed E-state index contributed by atoms with van der Waals surface area (Å²) in [6.45, 7) is 0.391. The van der Waals surface area contributed by atoms with E-state index in [9.17, 15) is 9.59 Å². The van der Waals surface area contributed by atoms with E-state index >= 15 is 0 Å². The normalized spacial score (nSPS) is 17.8. The first kappa shape index (κ1) is 9.98. The zero-order valence-electron chi connectivity index (χ0n) is 7.23. The molecule has 5 heteroatoms. The number of hydrogen-bond acceptors (Lipinski definition) is 3. The molecule has 1 saturated carbocycles. The highest BCUT2D eigenvalue weighted by Gasteiger charge is 2.23. The van der Waals surface area contributed by atoms with Gasteiger partial charge in [-0.1, -0.05) is 0 Å². The van der Waals surface area contributed by atoms with Crippen LogP contribution in [0.3, 0.4) is 0 Å². The van der Waals surface area contributed by atoms with Gasteiger partial charge >= 0.3 is 5.97 Å². The Bertz CT molecular complexity index is 191. The van der Waals surface area contributed by atoms with Crippen molar-refractivity contribution in [3.63, 3.8) is 0 Å². The van der Waals surface area contributed by atoms with Crippen LogP contribution in [0.1, 0.15) is 19.3 Å². The molecule has 13 heavy (non-hydrogen) atoms. The SMILES string of the molecule is O=CNC(CCOC1CC1)C(=O)O. The van der Waals surface area contributed by atoms with Crippen molar-refractivity contribution in [2.75, 3.05) is 6.61 Å². The van der Waals surface area contributed by atoms with Gasteiger partial charge in [-0.25, -0.2) is 4.79 Å². The predicted molar refractivity (Wildman–Crippen MR) is 44.2 cm³/mol. The maximum Gasteiger partial charge on any atom is 0.326 e. The number of carbonyl (C=O) groups excluding carboxylic acids is 1. The van der Waals surface area contributed by atoms with Crippen molar-refractivity contribution >= 4 is 12.4 Å². The Hall–Kier alpha value is -1.10. The highest BCUT2D eigenvalue weighted by molar-refractivity contribution is 5.76. The number of ether oxygens (including phenoxy) is 1. The average molecular weight is 187 g/mol. The maximum atomic E-state index is 10.5. The lowest BCUT2D eigenvalue weighted by atomic mass is 10.2. The summed E-state index contributed by atoms with van der Waals surface area (Å²) >= 11 is 0. The molecule has 0 aliphatic heterocycles. The molecule has 0 heterocycles. The van der Waals surface area contributed by atoms with E-state index < -0.39 is 12.0 Å². The highest BCUT2D eigenvalue weighted by Crippen LogP contribution is 2.23. The predicted octanol–water partition coefficient (Wildman–Crippen LogP) is -0.245. The van der Waals surface area contributed by atoms with Crippen LogP contribution in [0.15, 0.2) is 0 Å². The first-order valence-corrected chi connectivity index (χ1v) is 4.28. The topological polar surface area (TPSA) is 75.6 Å². The number of carboxylic acids is 1. The molecule has 0 aromatic carbocycles. The summed E-state index contributed by atoms with van der Waals surface area (Å²) in [5.74, 6) is -1.02. The summed E-state index contributed by atoms with van der Waals surface area (Å²) in [6, 6.07) is -0.823. The molecule has 1 amide bonds. The molecule has 0 saturated heterocycles. The number of amides is 1. The van der Waals surface area contributed by atoms with Gasteiger partial charge in [0.25, 0.3) is 0 Å². The minimum absolute atomic E-state index is 0.324. The summed E-state index contributed by atoms with van der Waals surface area (Å²) in [4.78, 5) is 20.5. The van der Waals surface area contributed by atoms with Crippen LogP contribution in [0.2, 0.25) is 0 Å². The quantitative estimate of drug-likeness (QED) is 0.539. The van der Waals surface area contributed by atoms with Gasteiger partial charge in [-0.15, -0.1) is 0 Å². The van der Waals surface area contributed by atoms with Gasteiger partial charge in [0.1, 0.15) is 6.04 Å². The third kappa shape index (κ3) is 3.89. The Balaban J connectivity index is 2.12. The van der Waals surface area contributed by atoms with Crippen LogP contribution in [0, 0.1) is 0 Å². The van der Waals surface area contributed by atoms with Crippen molar-refractivity contribution in [1.29, 1.82) is 0 Å². The largest absolute Gasteiger partial charge is 0.480 e. The van der Waals surface area contributed by atoms with E-state index in [0.29, 0.717) is 25.5 Å². The van der Waals surface area contributed by atoms with E-state index in [1.807, 2.05) is 0 Å². The standard InChI is InChI=1S/C8H13NO4/c10-5-9-7(8(11)12)3-4-13-6-1-2-6/h5-7H,1-4H2,(H,9,10)(H,11,12). The number of rotatable bonds is 7. The number of aliphatic carboxylic acids is 1. The van der Waals surface area contributed by atoms with Crippen molar-refractivity contribution in [3.8, 4) is 0 Å². The third-order valence-electron chi connectivity index (χ3n) is 1.85. The molecule has 1 rings (SSSR count). The molecule has 0 spiro atoms. The molecule has 2 N–H and O–H groups in total. The fourth-order valence-electron chi connectivity index (χ4n) is 0.947. The fourth-order valence-corrected chi connectivity index (χ4v) is 0.947. The first-order valence-electron chi connectivity index (χ1n) is 4.28. The molecular weight excluding hydrogens is 174 g/mol. The Morgan fingerprint density at radius 3 is 2.85 bits per heavy atom. The Kier molecular flexibility index (Phi) is 3.70. The van der Waals surface area contributed by atoms with Crippen LogP contribution in [0.5, 0.6) is 0 Å². The number of nitrogens with one attached hydrogen (secondary N) is 1. The van der Waals surface area contributed by atoms with Gasteiger partial charge < -0.3 is 15.2 Å². The van der Waals surface area contributed by atoms with Gasteiger partial charge in [0.05, 0.1) is 6.10 Å². The number of hydrogen-bond donors (Lipinski definition) is 2. The van der Waals surface area contributed by atoms with Gasteiger partial charge in [-0.2, -0.15) is 0 Å². The van der Waals surface area contributed by atoms with Crippen molar-refractivity contribution in [3.05, 3.63) is 0 Å². The molecule has 1 aliphatic carbocycles. The zero-order valence-corrected chi connectivity index (χ0v) is 7.23. The van der Waals surface area contributed by atoms with Gasteiger partial charge in [-0.05, 0) is 12.8 Å². The van der Waals surface area contributed by atoms with Crippen LogP contribution < -0.4 is 5.32 Å². The van der Waals surface area contributed by atoms with Gasteiger partial charge in [-0.3, -0.25) is 4.79 Å². The van der Waals surface area contributed by atoms with Gasteiger partial charge in [0.15, 0.2) is 0 Å².